The highest BCUT2D eigenvalue weighted by Gasteiger charge is 2.44. The predicted octanol–water partition coefficient (Wildman–Crippen LogP) is 5.36. The molecule has 0 saturated carbocycles. The van der Waals surface area contributed by atoms with Crippen LogP contribution in [0.25, 0.3) is 0 Å². The van der Waals surface area contributed by atoms with E-state index < -0.39 is 11.9 Å². The molecule has 3 rings (SSSR count). The molecule has 0 saturated heterocycles. The van der Waals surface area contributed by atoms with Crippen molar-refractivity contribution in [3.8, 4) is 5.75 Å². The van der Waals surface area contributed by atoms with Crippen molar-refractivity contribution in [2.75, 3.05) is 25.2 Å². The van der Waals surface area contributed by atoms with Gasteiger partial charge in [-0.15, -0.1) is 0 Å². The highest BCUT2D eigenvalue weighted by atomic mass is 79.9. The molecule has 1 atom stereocenters. The summed E-state index contributed by atoms with van der Waals surface area (Å²) in [5.41, 5.74) is 3.40. The molecule has 1 heterocycles. The molecule has 2 aliphatic rings. The third-order valence-corrected chi connectivity index (χ3v) is 6.98. The Bertz CT molecular complexity index is 951. The van der Waals surface area contributed by atoms with Crippen molar-refractivity contribution in [2.24, 2.45) is 5.41 Å². The Balaban J connectivity index is 2.11. The molecule has 0 amide bonds. The number of nitrogens with one attached hydrogen (secondary N) is 1. The van der Waals surface area contributed by atoms with Crippen molar-refractivity contribution >= 4 is 39.4 Å². The predicted molar refractivity (Wildman–Crippen MR) is 128 cm³/mol. The van der Waals surface area contributed by atoms with Gasteiger partial charge in [-0.2, -0.15) is 11.8 Å². The van der Waals surface area contributed by atoms with Crippen LogP contribution in [0.15, 0.2) is 45.2 Å². The number of hydrogen-bond acceptors (Lipinski definition) is 6. The molecule has 1 aromatic rings. The lowest BCUT2D eigenvalue weighted by atomic mass is 9.68. The van der Waals surface area contributed by atoms with Gasteiger partial charge >= 0.3 is 5.97 Å². The van der Waals surface area contributed by atoms with Gasteiger partial charge < -0.3 is 14.8 Å². The molecule has 168 valence electrons. The van der Waals surface area contributed by atoms with E-state index >= 15 is 0 Å². The quantitative estimate of drug-likeness (QED) is 0.395. The van der Waals surface area contributed by atoms with E-state index in [4.69, 9.17) is 9.47 Å². The van der Waals surface area contributed by atoms with E-state index in [1.54, 1.807) is 18.9 Å². The minimum absolute atomic E-state index is 0.0603. The van der Waals surface area contributed by atoms with E-state index in [1.165, 1.54) is 0 Å². The van der Waals surface area contributed by atoms with Crippen molar-refractivity contribution in [3.63, 3.8) is 0 Å². The van der Waals surface area contributed by atoms with Gasteiger partial charge in [-0.1, -0.05) is 36.7 Å². The van der Waals surface area contributed by atoms with Gasteiger partial charge in [0.1, 0.15) is 12.4 Å². The zero-order valence-corrected chi connectivity index (χ0v) is 21.2. The number of ketones is 1. The fraction of sp³-hybridized carbons (Fsp3) is 0.500. The Morgan fingerprint density at radius 3 is 2.74 bits per heavy atom. The van der Waals surface area contributed by atoms with Crippen molar-refractivity contribution < 1.29 is 19.1 Å². The first-order chi connectivity index (χ1) is 14.7. The summed E-state index contributed by atoms with van der Waals surface area (Å²) < 4.78 is 12.1. The smallest absolute Gasteiger partial charge is 0.336 e. The van der Waals surface area contributed by atoms with Crippen LogP contribution in [-0.2, 0) is 14.3 Å². The van der Waals surface area contributed by atoms with Crippen LogP contribution in [0, 0.1) is 5.41 Å². The van der Waals surface area contributed by atoms with Crippen LogP contribution in [0.4, 0.5) is 0 Å². The minimum atomic E-state index is -0.529. The second-order valence-electron chi connectivity index (χ2n) is 8.65. The second-order valence-corrected chi connectivity index (χ2v) is 11.0. The number of benzene rings is 1. The molecule has 0 aromatic heterocycles. The Kier molecular flexibility index (Phi) is 7.58. The first kappa shape index (κ1) is 23.9. The van der Waals surface area contributed by atoms with Crippen molar-refractivity contribution in [2.45, 2.75) is 46.5 Å². The molecule has 1 aliphatic heterocycles. The number of carbonyl (C=O) groups is 2. The summed E-state index contributed by atoms with van der Waals surface area (Å²) in [6.45, 7) is 8.48. The van der Waals surface area contributed by atoms with Crippen LogP contribution in [0.3, 0.4) is 0 Å². The number of hydrogen-bond donors (Lipinski definition) is 1. The number of rotatable bonds is 7. The zero-order chi connectivity index (χ0) is 22.8. The number of halogens is 1. The van der Waals surface area contributed by atoms with Crippen LogP contribution in [0.1, 0.15) is 52.0 Å². The standard InChI is InChI=1S/C24H30BrNO4S/c1-6-31-10-9-30-23(28)20-14(2)26-17-12-24(3,4)13-18(27)22(17)21(20)16-11-15(25)7-8-19(16)29-5/h7-8,11,21,26H,6,9-10,12-13H2,1-5H3/t21-/m0/s1. The fourth-order valence-corrected chi connectivity index (χ4v) is 5.23. The maximum Gasteiger partial charge on any atom is 0.336 e. The van der Waals surface area contributed by atoms with Crippen molar-refractivity contribution in [3.05, 3.63) is 50.8 Å². The van der Waals surface area contributed by atoms with Gasteiger partial charge in [0.2, 0.25) is 0 Å². The topological polar surface area (TPSA) is 64.6 Å². The molecule has 1 aliphatic carbocycles. The third kappa shape index (κ3) is 5.20. The molecule has 5 nitrogen and oxygen atoms in total. The van der Waals surface area contributed by atoms with Gasteiger partial charge in [-0.05, 0) is 42.7 Å². The number of Topliss-reactive ketones (excluding diaryl/α,β-unsaturated/α-hetero) is 1. The van der Waals surface area contributed by atoms with Gasteiger partial charge in [-0.25, -0.2) is 4.79 Å². The van der Waals surface area contributed by atoms with Crippen molar-refractivity contribution in [1.29, 1.82) is 0 Å². The highest BCUT2D eigenvalue weighted by Crippen LogP contribution is 2.49. The first-order valence-corrected chi connectivity index (χ1v) is 12.5. The Labute approximate surface area is 197 Å². The number of methoxy groups -OCH3 is 1. The van der Waals surface area contributed by atoms with E-state index in [9.17, 15) is 9.59 Å². The maximum atomic E-state index is 13.4. The average molecular weight is 508 g/mol. The molecular weight excluding hydrogens is 478 g/mol. The summed E-state index contributed by atoms with van der Waals surface area (Å²) in [6.07, 6.45) is 1.18. The number of thioether (sulfide) groups is 1. The summed E-state index contributed by atoms with van der Waals surface area (Å²) >= 11 is 5.26. The molecule has 7 heteroatoms. The van der Waals surface area contributed by atoms with E-state index in [0.717, 1.165) is 39.4 Å². The van der Waals surface area contributed by atoms with E-state index in [1.807, 2.05) is 25.1 Å². The molecule has 0 radical (unpaired) electrons. The molecule has 1 N–H and O–H groups in total. The van der Waals surface area contributed by atoms with Gasteiger partial charge in [-0.3, -0.25) is 4.79 Å². The molecule has 0 spiro atoms. The molecular formula is C24H30BrNO4S. The van der Waals surface area contributed by atoms with Gasteiger partial charge in [0.25, 0.3) is 0 Å². The highest BCUT2D eigenvalue weighted by molar-refractivity contribution is 9.10. The summed E-state index contributed by atoms with van der Waals surface area (Å²) in [4.78, 5) is 26.6. The van der Waals surface area contributed by atoms with Gasteiger partial charge in [0.05, 0.1) is 18.6 Å². The normalized spacial score (nSPS) is 20.3. The minimum Gasteiger partial charge on any atom is -0.496 e. The molecule has 0 bridgehead atoms. The Morgan fingerprint density at radius 2 is 2.06 bits per heavy atom. The largest absolute Gasteiger partial charge is 0.496 e. The summed E-state index contributed by atoms with van der Waals surface area (Å²) in [7, 11) is 1.60. The second kappa shape index (κ2) is 9.82. The molecule has 0 fully saturated rings. The summed E-state index contributed by atoms with van der Waals surface area (Å²) in [6, 6.07) is 5.68. The average Bonchev–Trinajstić information content (AvgIpc) is 2.69. The number of ether oxygens (including phenoxy) is 2. The summed E-state index contributed by atoms with van der Waals surface area (Å²) in [5.74, 6) is 1.49. The molecule has 31 heavy (non-hydrogen) atoms. The zero-order valence-electron chi connectivity index (χ0n) is 18.8. The fourth-order valence-electron chi connectivity index (χ4n) is 4.36. The lowest BCUT2D eigenvalue weighted by molar-refractivity contribution is -0.138. The van der Waals surface area contributed by atoms with Gasteiger partial charge in [0, 0.05) is 39.2 Å². The van der Waals surface area contributed by atoms with Crippen LogP contribution in [0.5, 0.6) is 5.75 Å². The maximum absolute atomic E-state index is 13.4. The monoisotopic (exact) mass is 507 g/mol. The Hall–Kier alpha value is -1.73. The van der Waals surface area contributed by atoms with E-state index in [-0.39, 0.29) is 11.2 Å². The third-order valence-electron chi connectivity index (χ3n) is 5.63. The molecule has 1 aromatic carbocycles. The Morgan fingerprint density at radius 1 is 1.32 bits per heavy atom. The lowest BCUT2D eigenvalue weighted by Gasteiger charge is -2.39. The number of dihydropyridines is 1. The summed E-state index contributed by atoms with van der Waals surface area (Å²) in [5, 5.41) is 3.37. The van der Waals surface area contributed by atoms with Crippen LogP contribution in [0.2, 0.25) is 0 Å². The van der Waals surface area contributed by atoms with Crippen molar-refractivity contribution in [1.82, 2.24) is 5.32 Å². The van der Waals surface area contributed by atoms with Crippen LogP contribution < -0.4 is 10.1 Å². The lowest BCUT2D eigenvalue weighted by Crippen LogP contribution is -2.38. The molecule has 0 unspecified atom stereocenters. The first-order valence-electron chi connectivity index (χ1n) is 10.5. The number of allylic oxidation sites excluding steroid dienone is 3. The SMILES string of the molecule is CCSCCOC(=O)C1=C(C)NC2=C(C(=O)CC(C)(C)C2)[C@H]1c1cc(Br)ccc1OC. The van der Waals surface area contributed by atoms with Crippen LogP contribution in [-0.4, -0.2) is 37.0 Å². The van der Waals surface area contributed by atoms with E-state index in [0.29, 0.717) is 29.9 Å². The number of carbonyl (C=O) groups excluding carboxylic acids is 2. The van der Waals surface area contributed by atoms with E-state index in [2.05, 4.69) is 42.0 Å². The number of esters is 1. The van der Waals surface area contributed by atoms with Crippen LogP contribution >= 0.6 is 27.7 Å². The van der Waals surface area contributed by atoms with Gasteiger partial charge in [0.15, 0.2) is 5.78 Å².